The molecule has 96 valence electrons. The predicted molar refractivity (Wildman–Crippen MR) is 80.2 cm³/mol. The Kier molecular flexibility index (Phi) is 3.49. The summed E-state index contributed by atoms with van der Waals surface area (Å²) in [5.74, 6) is 0. The minimum atomic E-state index is 0.709. The second-order valence-electron chi connectivity index (χ2n) is 4.41. The molecule has 0 atom stereocenters. The number of carbonyl (C=O) groups excluding carboxylic acids is 1. The van der Waals surface area contributed by atoms with Crippen LogP contribution in [0.15, 0.2) is 47.4 Å². The molecule has 1 aliphatic rings. The average molecular weight is 290 g/mol. The highest BCUT2D eigenvalue weighted by Crippen LogP contribution is 2.37. The highest BCUT2D eigenvalue weighted by atomic mass is 35.5. The Balaban J connectivity index is 1.84. The molecule has 0 N–H and O–H groups in total. The Bertz CT molecular complexity index is 629. The van der Waals surface area contributed by atoms with Crippen molar-refractivity contribution < 1.29 is 4.79 Å². The number of rotatable bonds is 3. The molecule has 2 aromatic rings. The number of carbonyl (C=O) groups is 1. The van der Waals surface area contributed by atoms with E-state index in [-0.39, 0.29) is 0 Å². The van der Waals surface area contributed by atoms with E-state index in [1.54, 1.807) is 11.9 Å². The largest absolute Gasteiger partial charge is 0.312 e. The van der Waals surface area contributed by atoms with Crippen LogP contribution in [0.3, 0.4) is 0 Å². The highest BCUT2D eigenvalue weighted by molar-refractivity contribution is 8.00. The average Bonchev–Trinajstić information content (AvgIpc) is 2.81. The van der Waals surface area contributed by atoms with Crippen molar-refractivity contribution in [3.63, 3.8) is 0 Å². The molecule has 0 amide bonds. The Morgan fingerprint density at radius 2 is 2.11 bits per heavy atom. The van der Waals surface area contributed by atoms with Gasteiger partial charge < -0.3 is 4.31 Å². The van der Waals surface area contributed by atoms with Crippen molar-refractivity contribution in [3.05, 3.63) is 58.6 Å². The number of fused-ring (bicyclic) bond motifs is 1. The van der Waals surface area contributed by atoms with Gasteiger partial charge in [0.1, 0.15) is 6.29 Å². The fraction of sp³-hybridized carbons (Fsp3) is 0.133. The lowest BCUT2D eigenvalue weighted by molar-refractivity contribution is 0.112. The van der Waals surface area contributed by atoms with Crippen molar-refractivity contribution >= 4 is 35.5 Å². The number of halogens is 1. The summed E-state index contributed by atoms with van der Waals surface area (Å²) in [5, 5.41) is 0.786. The van der Waals surface area contributed by atoms with Crippen LogP contribution in [-0.2, 0) is 6.42 Å². The van der Waals surface area contributed by atoms with Gasteiger partial charge in [0.25, 0.3) is 0 Å². The molecule has 2 nitrogen and oxygen atoms in total. The molecule has 0 unspecified atom stereocenters. The third kappa shape index (κ3) is 2.62. The predicted octanol–water partition coefficient (Wildman–Crippen LogP) is 4.22. The van der Waals surface area contributed by atoms with E-state index in [0.29, 0.717) is 5.56 Å². The summed E-state index contributed by atoms with van der Waals surface area (Å²) < 4.78 is 2.25. The van der Waals surface area contributed by atoms with Crippen molar-refractivity contribution in [1.82, 2.24) is 0 Å². The molecule has 0 spiro atoms. The molecular formula is C15H12ClNOS. The zero-order valence-corrected chi connectivity index (χ0v) is 11.7. The molecule has 2 aromatic carbocycles. The smallest absolute Gasteiger partial charge is 0.150 e. The molecule has 4 heteroatoms. The molecule has 1 heterocycles. The van der Waals surface area contributed by atoms with Crippen LogP contribution >= 0.6 is 23.5 Å². The van der Waals surface area contributed by atoms with E-state index in [1.807, 2.05) is 36.4 Å². The van der Waals surface area contributed by atoms with Crippen LogP contribution in [0.25, 0.3) is 0 Å². The second-order valence-corrected chi connectivity index (χ2v) is 5.94. The lowest BCUT2D eigenvalue weighted by atomic mass is 10.2. The Morgan fingerprint density at radius 3 is 2.95 bits per heavy atom. The molecule has 0 fully saturated rings. The summed E-state index contributed by atoms with van der Waals surface area (Å²) >= 11 is 7.67. The van der Waals surface area contributed by atoms with Crippen LogP contribution < -0.4 is 4.31 Å². The second kappa shape index (κ2) is 5.27. The molecule has 0 saturated heterocycles. The number of anilines is 1. The first-order valence-electron chi connectivity index (χ1n) is 6.05. The Labute approximate surface area is 121 Å². The standard InChI is InChI=1S/C15H12ClNOS/c16-13-4-5-15-12(9-13)6-7-17(15)19-14-3-1-2-11(8-14)10-18/h1-5,8-10H,6-7H2. The Hall–Kier alpha value is -1.45. The van der Waals surface area contributed by atoms with E-state index in [1.165, 1.54) is 11.3 Å². The van der Waals surface area contributed by atoms with Crippen LogP contribution in [0.4, 0.5) is 5.69 Å². The maximum atomic E-state index is 10.8. The highest BCUT2D eigenvalue weighted by Gasteiger charge is 2.20. The van der Waals surface area contributed by atoms with Crippen molar-refractivity contribution in [3.8, 4) is 0 Å². The van der Waals surface area contributed by atoms with E-state index in [4.69, 9.17) is 11.6 Å². The summed E-state index contributed by atoms with van der Waals surface area (Å²) in [6.45, 7) is 0.964. The van der Waals surface area contributed by atoms with E-state index in [9.17, 15) is 4.79 Å². The number of hydrogen-bond donors (Lipinski definition) is 0. The zero-order chi connectivity index (χ0) is 13.2. The fourth-order valence-electron chi connectivity index (χ4n) is 2.21. The van der Waals surface area contributed by atoms with Crippen molar-refractivity contribution in [2.24, 2.45) is 0 Å². The van der Waals surface area contributed by atoms with Gasteiger partial charge in [-0.05, 0) is 54.3 Å². The first-order valence-corrected chi connectivity index (χ1v) is 7.20. The summed E-state index contributed by atoms with van der Waals surface area (Å²) in [5.41, 5.74) is 3.21. The molecule has 3 rings (SSSR count). The number of nitrogens with zero attached hydrogens (tertiary/aromatic N) is 1. The summed E-state index contributed by atoms with van der Waals surface area (Å²) in [6.07, 6.45) is 1.89. The first kappa shape index (κ1) is 12.6. The van der Waals surface area contributed by atoms with Crippen LogP contribution in [-0.4, -0.2) is 12.8 Å². The lowest BCUT2D eigenvalue weighted by Crippen LogP contribution is -2.09. The van der Waals surface area contributed by atoms with Gasteiger partial charge in [-0.25, -0.2) is 0 Å². The molecule has 0 aromatic heterocycles. The topological polar surface area (TPSA) is 20.3 Å². The third-order valence-electron chi connectivity index (χ3n) is 3.10. The maximum absolute atomic E-state index is 10.8. The van der Waals surface area contributed by atoms with Crippen molar-refractivity contribution in [1.29, 1.82) is 0 Å². The number of hydrogen-bond acceptors (Lipinski definition) is 3. The summed E-state index contributed by atoms with van der Waals surface area (Å²) in [4.78, 5) is 11.9. The molecule has 0 radical (unpaired) electrons. The van der Waals surface area contributed by atoms with Gasteiger partial charge >= 0.3 is 0 Å². The van der Waals surface area contributed by atoms with E-state index < -0.39 is 0 Å². The normalized spacial score (nSPS) is 13.4. The molecular weight excluding hydrogens is 278 g/mol. The van der Waals surface area contributed by atoms with Crippen LogP contribution in [0.5, 0.6) is 0 Å². The quantitative estimate of drug-likeness (QED) is 0.623. The van der Waals surface area contributed by atoms with Gasteiger partial charge in [0, 0.05) is 22.0 Å². The first-order chi connectivity index (χ1) is 9.26. The fourth-order valence-corrected chi connectivity index (χ4v) is 3.44. The van der Waals surface area contributed by atoms with Gasteiger partial charge in [0.15, 0.2) is 0 Å². The minimum absolute atomic E-state index is 0.709. The summed E-state index contributed by atoms with van der Waals surface area (Å²) in [7, 11) is 0. The molecule has 0 aliphatic carbocycles. The van der Waals surface area contributed by atoms with Gasteiger partial charge in [-0.15, -0.1) is 0 Å². The van der Waals surface area contributed by atoms with E-state index in [0.717, 1.165) is 29.2 Å². The van der Waals surface area contributed by atoms with Crippen LogP contribution in [0.1, 0.15) is 15.9 Å². The minimum Gasteiger partial charge on any atom is -0.312 e. The van der Waals surface area contributed by atoms with Gasteiger partial charge in [0.2, 0.25) is 0 Å². The van der Waals surface area contributed by atoms with Gasteiger partial charge in [0.05, 0.1) is 5.69 Å². The SMILES string of the molecule is O=Cc1cccc(SN2CCc3cc(Cl)ccc32)c1. The zero-order valence-electron chi connectivity index (χ0n) is 10.2. The third-order valence-corrected chi connectivity index (χ3v) is 4.40. The van der Waals surface area contributed by atoms with Gasteiger partial charge in [-0.3, -0.25) is 4.79 Å². The van der Waals surface area contributed by atoms with Crippen molar-refractivity contribution in [2.75, 3.05) is 10.8 Å². The maximum Gasteiger partial charge on any atom is 0.150 e. The van der Waals surface area contributed by atoms with E-state index in [2.05, 4.69) is 10.4 Å². The molecule has 0 bridgehead atoms. The van der Waals surface area contributed by atoms with Gasteiger partial charge in [-0.2, -0.15) is 0 Å². The molecule has 19 heavy (non-hydrogen) atoms. The number of aldehydes is 1. The molecule has 1 aliphatic heterocycles. The summed E-state index contributed by atoms with van der Waals surface area (Å²) in [6, 6.07) is 13.7. The van der Waals surface area contributed by atoms with Crippen LogP contribution in [0, 0.1) is 0 Å². The number of benzene rings is 2. The van der Waals surface area contributed by atoms with Gasteiger partial charge in [-0.1, -0.05) is 23.7 Å². The molecule has 0 saturated carbocycles. The van der Waals surface area contributed by atoms with Crippen molar-refractivity contribution in [2.45, 2.75) is 11.3 Å². The van der Waals surface area contributed by atoms with E-state index >= 15 is 0 Å². The lowest BCUT2D eigenvalue weighted by Gasteiger charge is -2.17. The monoisotopic (exact) mass is 289 g/mol. The van der Waals surface area contributed by atoms with Crippen LogP contribution in [0.2, 0.25) is 5.02 Å². The Morgan fingerprint density at radius 1 is 1.21 bits per heavy atom.